The Bertz CT molecular complexity index is 766. The molecule has 1 fully saturated rings. The van der Waals surface area contributed by atoms with Gasteiger partial charge in [-0.1, -0.05) is 43.2 Å². The number of unbranched alkanes of at least 4 members (excludes halogenated alkanes) is 3. The van der Waals surface area contributed by atoms with E-state index in [0.717, 1.165) is 55.7 Å². The molecule has 0 aromatic heterocycles. The second-order valence-corrected chi connectivity index (χ2v) is 9.04. The minimum absolute atomic E-state index is 0.00870. The summed E-state index contributed by atoms with van der Waals surface area (Å²) in [7, 11) is 0. The highest BCUT2D eigenvalue weighted by Gasteiger charge is 2.10. The summed E-state index contributed by atoms with van der Waals surface area (Å²) < 4.78 is 5.85. The van der Waals surface area contributed by atoms with Crippen LogP contribution in [0.4, 0.5) is 5.69 Å². The fraction of sp³-hybridized carbons (Fsp3) is 0.571. The number of rotatable bonds is 15. The lowest BCUT2D eigenvalue weighted by Crippen LogP contribution is -2.29. The van der Waals surface area contributed by atoms with Crippen LogP contribution >= 0.6 is 0 Å². The number of hydrogen-bond acceptors (Lipinski definition) is 5. The van der Waals surface area contributed by atoms with E-state index in [9.17, 15) is 10.2 Å². The van der Waals surface area contributed by atoms with E-state index in [4.69, 9.17) is 4.74 Å². The van der Waals surface area contributed by atoms with Gasteiger partial charge in [0.15, 0.2) is 0 Å². The Morgan fingerprint density at radius 2 is 1.48 bits per heavy atom. The zero-order valence-electron chi connectivity index (χ0n) is 20.1. The summed E-state index contributed by atoms with van der Waals surface area (Å²) in [6.07, 6.45) is 9.58. The first kappa shape index (κ1) is 25.7. The van der Waals surface area contributed by atoms with Crippen LogP contribution in [-0.4, -0.2) is 43.1 Å². The molecule has 0 amide bonds. The maximum atomic E-state index is 9.50. The number of hydrogen-bond donors (Lipinski definition) is 3. The van der Waals surface area contributed by atoms with Crippen molar-refractivity contribution in [1.82, 2.24) is 5.32 Å². The van der Waals surface area contributed by atoms with Crippen LogP contribution in [0.2, 0.25) is 0 Å². The van der Waals surface area contributed by atoms with E-state index in [1.54, 1.807) is 0 Å². The second kappa shape index (κ2) is 15.1. The Hall–Kier alpha value is -1.92. The van der Waals surface area contributed by atoms with Gasteiger partial charge in [0.1, 0.15) is 0 Å². The highest BCUT2D eigenvalue weighted by molar-refractivity contribution is 5.47. The maximum Gasteiger partial charge on any atom is 0.0685 e. The normalized spacial score (nSPS) is 14.1. The Morgan fingerprint density at radius 1 is 0.788 bits per heavy atom. The van der Waals surface area contributed by atoms with Crippen molar-refractivity contribution in [3.8, 4) is 0 Å². The standard InChI is InChI=1S/C28H42N2O3/c31-22-25-9-8-10-26(23-32)28(25)21-29-16-4-1-2-7-19-33-20-15-24-11-13-27(14-12-24)30-17-5-3-6-18-30/h8-14,29,31-32H,1-7,15-23H2. The lowest BCUT2D eigenvalue weighted by Gasteiger charge is -2.28. The maximum absolute atomic E-state index is 9.50. The minimum atomic E-state index is 0.00870. The van der Waals surface area contributed by atoms with Gasteiger partial charge in [0, 0.05) is 31.9 Å². The summed E-state index contributed by atoms with van der Waals surface area (Å²) >= 11 is 0. The predicted octanol–water partition coefficient (Wildman–Crippen LogP) is 4.57. The first-order valence-electron chi connectivity index (χ1n) is 12.8. The van der Waals surface area contributed by atoms with Gasteiger partial charge in [-0.25, -0.2) is 0 Å². The Morgan fingerprint density at radius 3 is 2.18 bits per heavy atom. The third kappa shape index (κ3) is 8.74. The summed E-state index contributed by atoms with van der Waals surface area (Å²) in [4.78, 5) is 2.50. The number of aliphatic hydroxyl groups excluding tert-OH is 2. The van der Waals surface area contributed by atoms with Gasteiger partial charge in [-0.3, -0.25) is 0 Å². The van der Waals surface area contributed by atoms with Crippen LogP contribution in [0.15, 0.2) is 42.5 Å². The molecule has 0 aliphatic carbocycles. The third-order valence-corrected chi connectivity index (χ3v) is 6.60. The molecule has 0 saturated carbocycles. The number of aliphatic hydroxyl groups is 2. The Kier molecular flexibility index (Phi) is 11.7. The Balaban J connectivity index is 1.18. The van der Waals surface area contributed by atoms with E-state index in [2.05, 4.69) is 34.5 Å². The van der Waals surface area contributed by atoms with Crippen molar-refractivity contribution >= 4 is 5.69 Å². The molecule has 0 radical (unpaired) electrons. The lowest BCUT2D eigenvalue weighted by atomic mass is 10.0. The molecule has 1 aliphatic heterocycles. The molecule has 0 unspecified atom stereocenters. The van der Waals surface area contributed by atoms with E-state index in [0.29, 0.717) is 6.54 Å². The molecule has 3 N–H and O–H groups in total. The number of benzene rings is 2. The molecule has 2 aromatic carbocycles. The number of ether oxygens (including phenoxy) is 1. The smallest absolute Gasteiger partial charge is 0.0685 e. The van der Waals surface area contributed by atoms with Gasteiger partial charge in [0.05, 0.1) is 19.8 Å². The van der Waals surface area contributed by atoms with Gasteiger partial charge in [-0.05, 0) is 79.5 Å². The second-order valence-electron chi connectivity index (χ2n) is 9.04. The number of piperidine rings is 1. The van der Waals surface area contributed by atoms with Gasteiger partial charge in [-0.15, -0.1) is 0 Å². The molecule has 0 spiro atoms. The molecule has 3 rings (SSSR count). The van der Waals surface area contributed by atoms with E-state index >= 15 is 0 Å². The largest absolute Gasteiger partial charge is 0.392 e. The molecule has 182 valence electrons. The number of anilines is 1. The van der Waals surface area contributed by atoms with Crippen LogP contribution in [0, 0.1) is 0 Å². The highest BCUT2D eigenvalue weighted by atomic mass is 16.5. The Labute approximate surface area is 199 Å². The van der Waals surface area contributed by atoms with Crippen LogP contribution in [0.1, 0.15) is 67.2 Å². The van der Waals surface area contributed by atoms with Gasteiger partial charge in [0.2, 0.25) is 0 Å². The summed E-state index contributed by atoms with van der Waals surface area (Å²) in [5.74, 6) is 0. The van der Waals surface area contributed by atoms with Crippen LogP contribution in [0.3, 0.4) is 0 Å². The minimum Gasteiger partial charge on any atom is -0.392 e. The monoisotopic (exact) mass is 454 g/mol. The highest BCUT2D eigenvalue weighted by Crippen LogP contribution is 2.20. The van der Waals surface area contributed by atoms with Crippen LogP contribution in [-0.2, 0) is 30.9 Å². The summed E-state index contributed by atoms with van der Waals surface area (Å²) in [5.41, 5.74) is 5.53. The van der Waals surface area contributed by atoms with Gasteiger partial charge < -0.3 is 25.2 Å². The SMILES string of the molecule is OCc1cccc(CO)c1CNCCCCCCOCCc1ccc(N2CCCCC2)cc1. The molecule has 33 heavy (non-hydrogen) atoms. The van der Waals surface area contributed by atoms with Crippen LogP contribution < -0.4 is 10.2 Å². The summed E-state index contributed by atoms with van der Waals surface area (Å²) in [6.45, 7) is 5.67. The van der Waals surface area contributed by atoms with Crippen molar-refractivity contribution < 1.29 is 14.9 Å². The zero-order chi connectivity index (χ0) is 23.1. The molecule has 5 heteroatoms. The molecule has 5 nitrogen and oxygen atoms in total. The molecular weight excluding hydrogens is 412 g/mol. The summed E-state index contributed by atoms with van der Waals surface area (Å²) in [5, 5.41) is 22.5. The quantitative estimate of drug-likeness (QED) is 0.344. The fourth-order valence-electron chi connectivity index (χ4n) is 4.55. The molecular formula is C28H42N2O3. The van der Waals surface area contributed by atoms with Crippen LogP contribution in [0.25, 0.3) is 0 Å². The fourth-order valence-corrected chi connectivity index (χ4v) is 4.55. The molecule has 2 aromatic rings. The lowest BCUT2D eigenvalue weighted by molar-refractivity contribution is 0.133. The van der Waals surface area contributed by atoms with Gasteiger partial charge >= 0.3 is 0 Å². The van der Waals surface area contributed by atoms with Gasteiger partial charge in [0.25, 0.3) is 0 Å². The van der Waals surface area contributed by atoms with Crippen molar-refractivity contribution in [1.29, 1.82) is 0 Å². The van der Waals surface area contributed by atoms with E-state index in [-0.39, 0.29) is 13.2 Å². The molecule has 0 atom stereocenters. The topological polar surface area (TPSA) is 65.0 Å². The average molecular weight is 455 g/mol. The summed E-state index contributed by atoms with van der Waals surface area (Å²) in [6, 6.07) is 14.8. The molecule has 1 heterocycles. The van der Waals surface area contributed by atoms with Crippen molar-refractivity contribution in [2.24, 2.45) is 0 Å². The van der Waals surface area contributed by atoms with Crippen molar-refractivity contribution in [3.63, 3.8) is 0 Å². The van der Waals surface area contributed by atoms with E-state index in [1.807, 2.05) is 18.2 Å². The van der Waals surface area contributed by atoms with E-state index in [1.165, 1.54) is 56.4 Å². The molecule has 0 bridgehead atoms. The number of nitrogens with zero attached hydrogens (tertiary/aromatic N) is 1. The van der Waals surface area contributed by atoms with Crippen molar-refractivity contribution in [2.75, 3.05) is 37.7 Å². The zero-order valence-corrected chi connectivity index (χ0v) is 20.1. The molecule has 1 saturated heterocycles. The number of nitrogens with one attached hydrogen (secondary N) is 1. The third-order valence-electron chi connectivity index (χ3n) is 6.60. The van der Waals surface area contributed by atoms with E-state index < -0.39 is 0 Å². The first-order chi connectivity index (χ1) is 16.3. The molecule has 1 aliphatic rings. The predicted molar refractivity (Wildman–Crippen MR) is 135 cm³/mol. The first-order valence-corrected chi connectivity index (χ1v) is 12.8. The average Bonchev–Trinajstić information content (AvgIpc) is 2.88. The van der Waals surface area contributed by atoms with Gasteiger partial charge in [-0.2, -0.15) is 0 Å². The van der Waals surface area contributed by atoms with Crippen molar-refractivity contribution in [3.05, 3.63) is 64.7 Å². The van der Waals surface area contributed by atoms with Crippen molar-refractivity contribution in [2.45, 2.75) is 71.1 Å². The van der Waals surface area contributed by atoms with Crippen LogP contribution in [0.5, 0.6) is 0 Å².